The Labute approximate surface area is 220 Å². The summed E-state index contributed by atoms with van der Waals surface area (Å²) >= 11 is 0. The number of hydrogen-bond acceptors (Lipinski definition) is 7. The molecule has 4 aromatic rings. The van der Waals surface area contributed by atoms with Crippen molar-refractivity contribution in [1.29, 1.82) is 0 Å². The van der Waals surface area contributed by atoms with Gasteiger partial charge in [0.05, 0.1) is 12.1 Å². The molecule has 5 rings (SSSR count). The van der Waals surface area contributed by atoms with E-state index in [1.807, 2.05) is 59.3 Å². The van der Waals surface area contributed by atoms with E-state index < -0.39 is 5.91 Å². The molecule has 3 heterocycles. The number of nitrogens with zero attached hydrogens (tertiary/aromatic N) is 6. The number of amides is 2. The van der Waals surface area contributed by atoms with Crippen molar-refractivity contribution in [3.05, 3.63) is 72.8 Å². The molecular formula is C27H30N8O3. The third-order valence-corrected chi connectivity index (χ3v) is 6.75. The second-order valence-corrected chi connectivity index (χ2v) is 9.57. The molecule has 196 valence electrons. The van der Waals surface area contributed by atoms with Crippen LogP contribution in [0.15, 0.2) is 67.3 Å². The number of anilines is 1. The van der Waals surface area contributed by atoms with Crippen LogP contribution in [0.5, 0.6) is 11.5 Å². The molecule has 11 heteroatoms. The number of nitrogens with two attached hydrogens (primary N) is 1. The van der Waals surface area contributed by atoms with E-state index in [0.29, 0.717) is 35.8 Å². The largest absolute Gasteiger partial charge is 0.457 e. The molecule has 38 heavy (non-hydrogen) atoms. The van der Waals surface area contributed by atoms with Gasteiger partial charge in [0, 0.05) is 19.2 Å². The van der Waals surface area contributed by atoms with Crippen molar-refractivity contribution >= 4 is 17.8 Å². The fraction of sp³-hybridized carbons (Fsp3) is 0.296. The van der Waals surface area contributed by atoms with E-state index in [9.17, 15) is 9.59 Å². The molecule has 0 radical (unpaired) electrons. The van der Waals surface area contributed by atoms with E-state index in [0.717, 1.165) is 11.3 Å². The summed E-state index contributed by atoms with van der Waals surface area (Å²) in [6, 6.07) is 16.1. The van der Waals surface area contributed by atoms with Gasteiger partial charge in [0.2, 0.25) is 0 Å². The number of likely N-dealkylation sites (N-methyl/N-ethyl adjacent to an activating group) is 1. The average molecular weight is 515 g/mol. The molecule has 0 bridgehead atoms. The number of nitrogens with one attached hydrogen (secondary N) is 1. The molecule has 0 fully saturated rings. The van der Waals surface area contributed by atoms with Gasteiger partial charge in [-0.3, -0.25) is 4.79 Å². The van der Waals surface area contributed by atoms with Gasteiger partial charge in [-0.15, -0.1) is 0 Å². The number of rotatable bonds is 7. The molecule has 2 aromatic carbocycles. The lowest BCUT2D eigenvalue weighted by atomic mass is 9.92. The van der Waals surface area contributed by atoms with Crippen LogP contribution in [-0.2, 0) is 0 Å². The average Bonchev–Trinajstić information content (AvgIpc) is 3.58. The summed E-state index contributed by atoms with van der Waals surface area (Å²) in [7, 11) is 1.75. The van der Waals surface area contributed by atoms with Crippen molar-refractivity contribution in [2.24, 2.45) is 11.7 Å². The first kappa shape index (κ1) is 25.0. The van der Waals surface area contributed by atoms with Crippen molar-refractivity contribution in [2.45, 2.75) is 32.4 Å². The van der Waals surface area contributed by atoms with Crippen LogP contribution < -0.4 is 15.8 Å². The van der Waals surface area contributed by atoms with E-state index in [1.165, 1.54) is 17.3 Å². The summed E-state index contributed by atoms with van der Waals surface area (Å²) in [5.74, 6) is 1.45. The van der Waals surface area contributed by atoms with Crippen molar-refractivity contribution in [1.82, 2.24) is 29.4 Å². The highest BCUT2D eigenvalue weighted by molar-refractivity contribution is 6.03. The summed E-state index contributed by atoms with van der Waals surface area (Å²) in [6.45, 7) is 4.72. The molecular weight excluding hydrogens is 484 g/mol. The Morgan fingerprint density at radius 2 is 1.82 bits per heavy atom. The Morgan fingerprint density at radius 1 is 1.11 bits per heavy atom. The van der Waals surface area contributed by atoms with E-state index >= 15 is 0 Å². The summed E-state index contributed by atoms with van der Waals surface area (Å²) < 4.78 is 8.92. The highest BCUT2D eigenvalue weighted by atomic mass is 16.5. The van der Waals surface area contributed by atoms with Crippen LogP contribution in [-0.4, -0.2) is 61.0 Å². The molecule has 1 aliphatic heterocycles. The first-order chi connectivity index (χ1) is 18.3. The smallest absolute Gasteiger partial charge is 0.346 e. The maximum Gasteiger partial charge on any atom is 0.346 e. The number of para-hydroxylation sites is 1. The van der Waals surface area contributed by atoms with Crippen molar-refractivity contribution < 1.29 is 14.3 Å². The summed E-state index contributed by atoms with van der Waals surface area (Å²) in [6.07, 6.45) is 3.41. The highest BCUT2D eigenvalue weighted by Crippen LogP contribution is 2.38. The van der Waals surface area contributed by atoms with Gasteiger partial charge in [0.1, 0.15) is 41.2 Å². The second-order valence-electron chi connectivity index (χ2n) is 9.57. The van der Waals surface area contributed by atoms with Crippen LogP contribution in [0, 0.1) is 5.92 Å². The molecule has 2 aromatic heterocycles. The van der Waals surface area contributed by atoms with Gasteiger partial charge in [0.15, 0.2) is 0 Å². The van der Waals surface area contributed by atoms with Crippen LogP contribution in [0.25, 0.3) is 11.3 Å². The Hall–Kier alpha value is -4.67. The second kappa shape index (κ2) is 10.4. The van der Waals surface area contributed by atoms with Gasteiger partial charge >= 0.3 is 6.03 Å². The fourth-order valence-corrected chi connectivity index (χ4v) is 5.11. The highest BCUT2D eigenvalue weighted by Gasteiger charge is 2.38. The molecule has 1 unspecified atom stereocenters. The van der Waals surface area contributed by atoms with E-state index in [2.05, 4.69) is 29.2 Å². The van der Waals surface area contributed by atoms with Crippen LogP contribution in [0.2, 0.25) is 0 Å². The van der Waals surface area contributed by atoms with Gasteiger partial charge in [-0.25, -0.2) is 14.5 Å². The number of carbonyl (C=O) groups excluding carboxylic acids is 2. The lowest BCUT2D eigenvalue weighted by Gasteiger charge is -2.39. The minimum Gasteiger partial charge on any atom is -0.457 e. The van der Waals surface area contributed by atoms with Crippen molar-refractivity contribution in [2.75, 3.05) is 18.9 Å². The summed E-state index contributed by atoms with van der Waals surface area (Å²) in [5, 5.41) is 12.2. The van der Waals surface area contributed by atoms with Gasteiger partial charge < -0.3 is 20.7 Å². The number of hydrogen-bond donors (Lipinski definition) is 2. The molecule has 11 nitrogen and oxygen atoms in total. The van der Waals surface area contributed by atoms with Crippen molar-refractivity contribution in [3.8, 4) is 22.8 Å². The maximum absolute atomic E-state index is 13.1. The van der Waals surface area contributed by atoms with E-state index in [1.54, 1.807) is 11.9 Å². The molecule has 3 N–H and O–H groups in total. The Kier molecular flexibility index (Phi) is 6.82. The summed E-state index contributed by atoms with van der Waals surface area (Å²) in [5.41, 5.74) is 7.39. The van der Waals surface area contributed by atoms with Crippen LogP contribution >= 0.6 is 0 Å². The standard InChI is InChI=1S/C27H30N8O3/c1-17(2)24(33(3)27(37)34-16-29-15-31-34)21-13-14-30-26-22(25(28)36)23(32-35(21)26)18-9-11-20(12-10-18)38-19-7-5-4-6-8-19/h4-12,15-17,21,24,30H,13-14H2,1-3H3,(H2,28,36)/t21?,24-/m1/s1. The van der Waals surface area contributed by atoms with Gasteiger partial charge in [-0.05, 0) is 48.7 Å². The Morgan fingerprint density at radius 3 is 2.45 bits per heavy atom. The lowest BCUT2D eigenvalue weighted by molar-refractivity contribution is 0.100. The zero-order chi connectivity index (χ0) is 26.8. The molecule has 2 atom stereocenters. The number of benzene rings is 2. The zero-order valence-corrected chi connectivity index (χ0v) is 21.5. The topological polar surface area (TPSA) is 133 Å². The predicted octanol–water partition coefficient (Wildman–Crippen LogP) is 4.01. The number of fused-ring (bicyclic) bond motifs is 1. The van der Waals surface area contributed by atoms with Crippen LogP contribution in [0.1, 0.15) is 36.7 Å². The minimum atomic E-state index is -0.577. The Balaban J connectivity index is 1.50. The predicted molar refractivity (Wildman–Crippen MR) is 142 cm³/mol. The Bertz CT molecular complexity index is 1410. The van der Waals surface area contributed by atoms with E-state index in [-0.39, 0.29) is 24.0 Å². The number of aromatic nitrogens is 5. The summed E-state index contributed by atoms with van der Waals surface area (Å²) in [4.78, 5) is 31.4. The lowest BCUT2D eigenvalue weighted by Crippen LogP contribution is -2.49. The van der Waals surface area contributed by atoms with Gasteiger partial charge in [-0.1, -0.05) is 32.0 Å². The third-order valence-electron chi connectivity index (χ3n) is 6.75. The SMILES string of the molecule is CC(C)[C@H](C1CCNc2c(C(N)=O)c(-c3ccc(Oc4ccccc4)cc3)nn21)N(C)C(=O)n1cncn1. The van der Waals surface area contributed by atoms with Crippen LogP contribution in [0.3, 0.4) is 0 Å². The number of ether oxygens (including phenoxy) is 1. The quantitative estimate of drug-likeness (QED) is 0.381. The zero-order valence-electron chi connectivity index (χ0n) is 21.5. The molecule has 0 spiro atoms. The molecule has 0 saturated heterocycles. The normalized spacial score (nSPS) is 15.4. The number of primary amides is 1. The maximum atomic E-state index is 13.1. The van der Waals surface area contributed by atoms with Crippen molar-refractivity contribution in [3.63, 3.8) is 0 Å². The first-order valence-electron chi connectivity index (χ1n) is 12.5. The molecule has 0 saturated carbocycles. The van der Waals surface area contributed by atoms with Gasteiger partial charge in [-0.2, -0.15) is 14.9 Å². The molecule has 0 aliphatic carbocycles. The van der Waals surface area contributed by atoms with Crippen LogP contribution in [0.4, 0.5) is 10.6 Å². The third kappa shape index (κ3) is 4.70. The molecule has 2 amide bonds. The monoisotopic (exact) mass is 514 g/mol. The molecule has 1 aliphatic rings. The minimum absolute atomic E-state index is 0.0857. The van der Waals surface area contributed by atoms with Gasteiger partial charge in [0.25, 0.3) is 5.91 Å². The van der Waals surface area contributed by atoms with E-state index in [4.69, 9.17) is 15.6 Å². The fourth-order valence-electron chi connectivity index (χ4n) is 5.11. The number of carbonyl (C=O) groups is 2. The first-order valence-corrected chi connectivity index (χ1v) is 12.5.